The summed E-state index contributed by atoms with van der Waals surface area (Å²) in [5.41, 5.74) is 6.47. The highest BCUT2D eigenvalue weighted by Gasteiger charge is 2.09. The van der Waals surface area contributed by atoms with Crippen molar-refractivity contribution >= 4 is 29.3 Å². The van der Waals surface area contributed by atoms with Gasteiger partial charge in [0, 0.05) is 16.2 Å². The van der Waals surface area contributed by atoms with Gasteiger partial charge in [-0.3, -0.25) is 0 Å². The molecule has 0 bridgehead atoms. The second-order valence-electron chi connectivity index (χ2n) is 3.48. The fourth-order valence-corrected chi connectivity index (χ4v) is 1.52. The lowest BCUT2D eigenvalue weighted by molar-refractivity contribution is -0.138. The van der Waals surface area contributed by atoms with Crippen LogP contribution in [0.3, 0.4) is 0 Å². The summed E-state index contributed by atoms with van der Waals surface area (Å²) in [6.45, 7) is 3.61. The van der Waals surface area contributed by atoms with Gasteiger partial charge in [-0.05, 0) is 32.1 Å². The van der Waals surface area contributed by atoms with Crippen LogP contribution in [-0.4, -0.2) is 17.7 Å². The van der Waals surface area contributed by atoms with Crippen LogP contribution in [0, 0.1) is 0 Å². The molecule has 0 saturated carbocycles. The number of ether oxygens (including phenoxy) is 1. The molecule has 0 aromatic heterocycles. The van der Waals surface area contributed by atoms with Gasteiger partial charge in [-0.25, -0.2) is 4.79 Å². The van der Waals surface area contributed by atoms with Crippen molar-refractivity contribution in [1.82, 2.24) is 0 Å². The van der Waals surface area contributed by atoms with E-state index in [0.717, 1.165) is 0 Å². The first-order valence-electron chi connectivity index (χ1n) is 5.09. The highest BCUT2D eigenvalue weighted by Crippen LogP contribution is 2.30. The van der Waals surface area contributed by atoms with E-state index >= 15 is 0 Å². The summed E-state index contributed by atoms with van der Waals surface area (Å²) < 4.78 is 4.82. The predicted molar refractivity (Wildman–Crippen MR) is 67.8 cm³/mol. The fourth-order valence-electron chi connectivity index (χ4n) is 1.29. The Hall–Kier alpha value is -1.68. The maximum atomic E-state index is 11.4. The van der Waals surface area contributed by atoms with Gasteiger partial charge in [0.2, 0.25) is 0 Å². The molecule has 0 aliphatic heterocycles. The summed E-state index contributed by atoms with van der Waals surface area (Å²) >= 11 is 5.81. The number of esters is 1. The van der Waals surface area contributed by atoms with Gasteiger partial charge in [0.1, 0.15) is 5.75 Å². The summed E-state index contributed by atoms with van der Waals surface area (Å²) in [7, 11) is 0. The first kappa shape index (κ1) is 13.4. The van der Waals surface area contributed by atoms with Gasteiger partial charge >= 0.3 is 5.97 Å². The smallest absolute Gasteiger partial charge is 0.333 e. The minimum absolute atomic E-state index is 0.0990. The molecule has 0 unspecified atom stereocenters. The molecule has 0 heterocycles. The molecule has 1 rings (SSSR count). The third-order valence-electron chi connectivity index (χ3n) is 2.10. The molecule has 0 fully saturated rings. The van der Waals surface area contributed by atoms with Crippen LogP contribution in [0.2, 0.25) is 5.02 Å². The van der Waals surface area contributed by atoms with Gasteiger partial charge < -0.3 is 15.6 Å². The Kier molecular flexibility index (Phi) is 4.40. The van der Waals surface area contributed by atoms with Crippen molar-refractivity contribution < 1.29 is 14.6 Å². The molecule has 92 valence electrons. The van der Waals surface area contributed by atoms with Crippen molar-refractivity contribution in [3.8, 4) is 5.75 Å². The molecule has 0 saturated heterocycles. The predicted octanol–water partition coefficient (Wildman–Crippen LogP) is 2.59. The SMILES string of the molecule is CCOC(=O)/C(C)=C/c1cc(Cl)cc(N)c1O. The van der Waals surface area contributed by atoms with Crippen molar-refractivity contribution in [3.63, 3.8) is 0 Å². The molecule has 0 aliphatic carbocycles. The molecular weight excluding hydrogens is 242 g/mol. The number of rotatable bonds is 3. The van der Waals surface area contributed by atoms with E-state index in [4.69, 9.17) is 22.1 Å². The Morgan fingerprint density at radius 3 is 2.82 bits per heavy atom. The molecule has 0 amide bonds. The van der Waals surface area contributed by atoms with Crippen LogP contribution < -0.4 is 5.73 Å². The molecule has 4 nitrogen and oxygen atoms in total. The van der Waals surface area contributed by atoms with Crippen LogP contribution in [-0.2, 0) is 9.53 Å². The van der Waals surface area contributed by atoms with Crippen LogP contribution in [0.15, 0.2) is 17.7 Å². The van der Waals surface area contributed by atoms with Gasteiger partial charge in [-0.15, -0.1) is 0 Å². The van der Waals surface area contributed by atoms with Crippen LogP contribution in [0.4, 0.5) is 5.69 Å². The summed E-state index contributed by atoms with van der Waals surface area (Å²) in [5.74, 6) is -0.538. The number of phenolic OH excluding ortho intramolecular Hbond substituents is 1. The van der Waals surface area contributed by atoms with Crippen LogP contribution in [0.5, 0.6) is 5.75 Å². The van der Waals surface area contributed by atoms with Gasteiger partial charge in [0.05, 0.1) is 12.3 Å². The van der Waals surface area contributed by atoms with Gasteiger partial charge in [0.15, 0.2) is 0 Å². The Labute approximate surface area is 105 Å². The number of carbonyl (C=O) groups is 1. The Bertz CT molecular complexity index is 469. The summed E-state index contributed by atoms with van der Waals surface area (Å²) in [4.78, 5) is 11.4. The highest BCUT2D eigenvalue weighted by atomic mass is 35.5. The zero-order chi connectivity index (χ0) is 13.0. The van der Waals surface area contributed by atoms with E-state index in [0.29, 0.717) is 22.8 Å². The van der Waals surface area contributed by atoms with Crippen LogP contribution >= 0.6 is 11.6 Å². The standard InChI is InChI=1S/C12H14ClNO3/c1-3-17-12(16)7(2)4-8-5-9(13)6-10(14)11(8)15/h4-6,15H,3,14H2,1-2H3/b7-4+. The summed E-state index contributed by atoms with van der Waals surface area (Å²) in [6.07, 6.45) is 1.48. The number of hydrogen-bond acceptors (Lipinski definition) is 4. The van der Waals surface area contributed by atoms with Crippen molar-refractivity contribution in [2.45, 2.75) is 13.8 Å². The first-order valence-corrected chi connectivity index (χ1v) is 5.47. The second kappa shape index (κ2) is 5.59. The van der Waals surface area contributed by atoms with E-state index in [1.807, 2.05) is 0 Å². The molecule has 0 spiro atoms. The second-order valence-corrected chi connectivity index (χ2v) is 3.92. The minimum atomic E-state index is -0.439. The van der Waals surface area contributed by atoms with E-state index < -0.39 is 5.97 Å². The number of nitrogens with two attached hydrogens (primary N) is 1. The average molecular weight is 256 g/mol. The van der Waals surface area contributed by atoms with E-state index in [9.17, 15) is 9.90 Å². The third kappa shape index (κ3) is 3.39. The van der Waals surface area contributed by atoms with Crippen molar-refractivity contribution in [2.75, 3.05) is 12.3 Å². The van der Waals surface area contributed by atoms with E-state index in [1.165, 1.54) is 18.2 Å². The number of aromatic hydroxyl groups is 1. The largest absolute Gasteiger partial charge is 0.505 e. The first-order chi connectivity index (χ1) is 7.95. The van der Waals surface area contributed by atoms with Crippen LogP contribution in [0.1, 0.15) is 19.4 Å². The van der Waals surface area contributed by atoms with E-state index in [2.05, 4.69) is 0 Å². The monoisotopic (exact) mass is 255 g/mol. The Morgan fingerprint density at radius 2 is 2.24 bits per heavy atom. The van der Waals surface area contributed by atoms with Crippen molar-refractivity contribution in [3.05, 3.63) is 28.3 Å². The average Bonchev–Trinajstić information content (AvgIpc) is 2.25. The minimum Gasteiger partial charge on any atom is -0.505 e. The van der Waals surface area contributed by atoms with Gasteiger partial charge in [0.25, 0.3) is 0 Å². The molecule has 5 heteroatoms. The maximum Gasteiger partial charge on any atom is 0.333 e. The molecule has 0 atom stereocenters. The van der Waals surface area contributed by atoms with Crippen molar-refractivity contribution in [1.29, 1.82) is 0 Å². The van der Waals surface area contributed by atoms with Gasteiger partial charge in [-0.1, -0.05) is 11.6 Å². The zero-order valence-electron chi connectivity index (χ0n) is 9.66. The number of benzene rings is 1. The number of phenols is 1. The normalized spacial score (nSPS) is 11.4. The third-order valence-corrected chi connectivity index (χ3v) is 2.32. The topological polar surface area (TPSA) is 72.5 Å². The summed E-state index contributed by atoms with van der Waals surface area (Å²) in [5, 5.41) is 10.1. The number of carbonyl (C=O) groups excluding carboxylic acids is 1. The Morgan fingerprint density at radius 1 is 1.59 bits per heavy atom. The lowest BCUT2D eigenvalue weighted by Crippen LogP contribution is -2.04. The zero-order valence-corrected chi connectivity index (χ0v) is 10.4. The number of hydrogen-bond donors (Lipinski definition) is 2. The van der Waals surface area contributed by atoms with Gasteiger partial charge in [-0.2, -0.15) is 0 Å². The molecule has 1 aromatic carbocycles. The lowest BCUT2D eigenvalue weighted by Gasteiger charge is -2.06. The molecule has 17 heavy (non-hydrogen) atoms. The molecule has 0 radical (unpaired) electrons. The molecule has 1 aromatic rings. The Balaban J connectivity index is 3.09. The number of halogens is 1. The van der Waals surface area contributed by atoms with Crippen LogP contribution in [0.25, 0.3) is 6.08 Å². The van der Waals surface area contributed by atoms with Crippen molar-refractivity contribution in [2.24, 2.45) is 0 Å². The molecule has 0 aliphatic rings. The lowest BCUT2D eigenvalue weighted by atomic mass is 10.1. The fraction of sp³-hybridized carbons (Fsp3) is 0.250. The van der Waals surface area contributed by atoms with E-state index in [1.54, 1.807) is 13.8 Å². The number of anilines is 1. The molecule has 3 N–H and O–H groups in total. The molecular formula is C12H14ClNO3. The quantitative estimate of drug-likeness (QED) is 0.377. The maximum absolute atomic E-state index is 11.4. The number of nitrogen functional groups attached to an aromatic ring is 1. The highest BCUT2D eigenvalue weighted by molar-refractivity contribution is 6.31. The summed E-state index contributed by atoms with van der Waals surface area (Å²) in [6, 6.07) is 2.96. The van der Waals surface area contributed by atoms with E-state index in [-0.39, 0.29) is 11.4 Å².